The molecule has 26 heavy (non-hydrogen) atoms. The quantitative estimate of drug-likeness (QED) is 0.748. The number of aromatic carboxylic acids is 1. The molecule has 0 aromatic heterocycles. The van der Waals surface area contributed by atoms with Gasteiger partial charge in [-0.2, -0.15) is 0 Å². The highest BCUT2D eigenvalue weighted by atomic mass is 35.5. The average Bonchev–Trinajstić information content (AvgIpc) is 3.06. The predicted octanol–water partition coefficient (Wildman–Crippen LogP) is 4.79. The molecular formula is C21H27ClO4. The van der Waals surface area contributed by atoms with E-state index in [0.717, 1.165) is 12.8 Å². The zero-order chi connectivity index (χ0) is 19.5. The van der Waals surface area contributed by atoms with E-state index in [-0.39, 0.29) is 34.0 Å². The highest BCUT2D eigenvalue weighted by Gasteiger charge is 2.81. The fraction of sp³-hybridized carbons (Fsp3) is 0.619. The number of halogens is 1. The fourth-order valence-electron chi connectivity index (χ4n) is 4.92. The minimum absolute atomic E-state index is 0.0854. The Labute approximate surface area is 159 Å². The molecule has 2 aliphatic rings. The molecule has 2 saturated carbocycles. The summed E-state index contributed by atoms with van der Waals surface area (Å²) in [6.45, 7) is 10.2. The van der Waals surface area contributed by atoms with E-state index < -0.39 is 17.0 Å². The summed E-state index contributed by atoms with van der Waals surface area (Å²) in [6, 6.07) is 6.26. The summed E-state index contributed by atoms with van der Waals surface area (Å²) in [6.07, 6.45) is 1.67. The second kappa shape index (κ2) is 5.98. The minimum Gasteiger partial charge on any atom is -0.479 e. The molecule has 142 valence electrons. The number of carbonyl (C=O) groups excluding carboxylic acids is 1. The smallest absolute Gasteiger partial charge is 0.335 e. The second-order valence-electron chi connectivity index (χ2n) is 8.87. The highest BCUT2D eigenvalue weighted by molar-refractivity contribution is 6.23. The number of Topliss-reactive ketones (excluding diaryl/α,β-unsaturated/α-hetero) is 1. The maximum Gasteiger partial charge on any atom is 0.335 e. The molecule has 0 saturated heterocycles. The molecule has 3 rings (SSSR count). The van der Waals surface area contributed by atoms with E-state index in [9.17, 15) is 9.59 Å². The number of carboxylic acid groups (broad SMARTS) is 1. The van der Waals surface area contributed by atoms with Crippen molar-refractivity contribution in [1.29, 1.82) is 0 Å². The second-order valence-corrected chi connectivity index (χ2v) is 9.34. The highest BCUT2D eigenvalue weighted by Crippen LogP contribution is 2.71. The summed E-state index contributed by atoms with van der Waals surface area (Å²) >= 11 is 6.69. The van der Waals surface area contributed by atoms with Gasteiger partial charge in [-0.25, -0.2) is 4.79 Å². The Morgan fingerprint density at radius 1 is 1.23 bits per heavy atom. The average molecular weight is 379 g/mol. The van der Waals surface area contributed by atoms with Crippen molar-refractivity contribution in [3.05, 3.63) is 29.8 Å². The molecule has 2 fully saturated rings. The van der Waals surface area contributed by atoms with Gasteiger partial charge in [0.15, 0.2) is 11.4 Å². The van der Waals surface area contributed by atoms with Crippen LogP contribution in [0.4, 0.5) is 0 Å². The van der Waals surface area contributed by atoms with Gasteiger partial charge in [-0.15, -0.1) is 11.6 Å². The Balaban J connectivity index is 1.95. The summed E-state index contributed by atoms with van der Waals surface area (Å²) in [7, 11) is 0. The van der Waals surface area contributed by atoms with Crippen LogP contribution < -0.4 is 4.74 Å². The molecule has 5 heteroatoms. The first-order valence-corrected chi connectivity index (χ1v) is 9.63. The number of fused-ring (bicyclic) bond motifs is 1. The largest absolute Gasteiger partial charge is 0.479 e. The van der Waals surface area contributed by atoms with Crippen LogP contribution in [0.2, 0.25) is 0 Å². The van der Waals surface area contributed by atoms with E-state index >= 15 is 0 Å². The number of ketones is 1. The molecule has 2 aliphatic carbocycles. The number of hydrogen-bond acceptors (Lipinski definition) is 3. The molecule has 0 radical (unpaired) electrons. The number of hydrogen-bond donors (Lipinski definition) is 1. The Bertz CT molecular complexity index is 739. The maximum atomic E-state index is 13.6. The summed E-state index contributed by atoms with van der Waals surface area (Å²) < 4.78 is 6.30. The van der Waals surface area contributed by atoms with E-state index in [2.05, 4.69) is 13.8 Å². The number of carboxylic acids is 1. The summed E-state index contributed by atoms with van der Waals surface area (Å²) in [5.41, 5.74) is -1.57. The Kier molecular flexibility index (Phi) is 4.42. The summed E-state index contributed by atoms with van der Waals surface area (Å²) in [5.74, 6) is -0.0228. The Morgan fingerprint density at radius 3 is 2.31 bits per heavy atom. The molecule has 0 aliphatic heterocycles. The number of alkyl halides is 1. The molecule has 0 heterocycles. The molecular weight excluding hydrogens is 352 g/mol. The van der Waals surface area contributed by atoms with Crippen LogP contribution in [0.1, 0.15) is 57.8 Å². The van der Waals surface area contributed by atoms with Gasteiger partial charge in [0.25, 0.3) is 0 Å². The molecule has 4 nitrogen and oxygen atoms in total. The van der Waals surface area contributed by atoms with Gasteiger partial charge in [-0.05, 0) is 43.0 Å². The van der Waals surface area contributed by atoms with Crippen LogP contribution in [0.5, 0.6) is 5.75 Å². The first-order valence-electron chi connectivity index (χ1n) is 9.20. The van der Waals surface area contributed by atoms with Crippen LogP contribution in [-0.2, 0) is 4.79 Å². The van der Waals surface area contributed by atoms with Crippen molar-refractivity contribution in [3.8, 4) is 5.75 Å². The van der Waals surface area contributed by atoms with Gasteiger partial charge in [0.05, 0.1) is 5.56 Å². The van der Waals surface area contributed by atoms with Crippen LogP contribution in [0.15, 0.2) is 24.3 Å². The standard InChI is InChI=1S/C21H27ClO4/c1-12(2)16(22)20(5)11-10-15-19(3,4)21(15,18(20)25)26-14-8-6-13(7-9-14)17(23)24/h6-9,12,15-16H,10-11H2,1-5H3,(H,23,24)/t15?,16?,20?,21-/m1/s1. The third-order valence-electron chi connectivity index (χ3n) is 6.62. The SMILES string of the molecule is CC(C)C(Cl)C1(C)CCC2C(C)(C)[C@]2(Oc2ccc(C(=O)O)cc2)C1=O. The van der Waals surface area contributed by atoms with Crippen molar-refractivity contribution < 1.29 is 19.4 Å². The predicted molar refractivity (Wildman–Crippen MR) is 101 cm³/mol. The summed E-state index contributed by atoms with van der Waals surface area (Å²) in [5, 5.41) is 8.81. The molecule has 1 N–H and O–H groups in total. The van der Waals surface area contributed by atoms with Crippen molar-refractivity contribution in [1.82, 2.24) is 0 Å². The minimum atomic E-state index is -0.984. The van der Waals surface area contributed by atoms with Crippen molar-refractivity contribution in [2.24, 2.45) is 22.7 Å². The van der Waals surface area contributed by atoms with Crippen LogP contribution in [0, 0.1) is 22.7 Å². The van der Waals surface area contributed by atoms with Crippen molar-refractivity contribution in [2.75, 3.05) is 0 Å². The van der Waals surface area contributed by atoms with E-state index in [4.69, 9.17) is 21.4 Å². The lowest BCUT2D eigenvalue weighted by atomic mass is 9.68. The normalized spacial score (nSPS) is 33.5. The number of benzene rings is 1. The third kappa shape index (κ3) is 2.49. The van der Waals surface area contributed by atoms with Crippen molar-refractivity contribution in [2.45, 2.75) is 58.4 Å². The van der Waals surface area contributed by atoms with Gasteiger partial charge >= 0.3 is 5.97 Å². The molecule has 3 unspecified atom stereocenters. The molecule has 4 atom stereocenters. The van der Waals surface area contributed by atoms with Crippen molar-refractivity contribution in [3.63, 3.8) is 0 Å². The lowest BCUT2D eigenvalue weighted by Gasteiger charge is -2.41. The lowest BCUT2D eigenvalue weighted by molar-refractivity contribution is -0.143. The first-order chi connectivity index (χ1) is 12.0. The Morgan fingerprint density at radius 2 is 1.81 bits per heavy atom. The monoisotopic (exact) mass is 378 g/mol. The van der Waals surface area contributed by atoms with Gasteiger partial charge in [0.2, 0.25) is 0 Å². The van der Waals surface area contributed by atoms with Gasteiger partial charge in [-0.1, -0.05) is 34.6 Å². The lowest BCUT2D eigenvalue weighted by Crippen LogP contribution is -2.53. The van der Waals surface area contributed by atoms with E-state index in [0.29, 0.717) is 5.75 Å². The zero-order valence-electron chi connectivity index (χ0n) is 16.0. The van der Waals surface area contributed by atoms with Crippen LogP contribution in [0.25, 0.3) is 0 Å². The molecule has 0 bridgehead atoms. The van der Waals surface area contributed by atoms with Crippen LogP contribution in [0.3, 0.4) is 0 Å². The van der Waals surface area contributed by atoms with E-state index in [1.165, 1.54) is 12.1 Å². The van der Waals surface area contributed by atoms with E-state index in [1.54, 1.807) is 12.1 Å². The summed E-state index contributed by atoms with van der Waals surface area (Å²) in [4.78, 5) is 24.7. The molecule has 0 spiro atoms. The van der Waals surface area contributed by atoms with Gasteiger partial charge < -0.3 is 9.84 Å². The molecule has 1 aromatic rings. The van der Waals surface area contributed by atoms with Crippen molar-refractivity contribution >= 4 is 23.4 Å². The number of carbonyl (C=O) groups is 2. The topological polar surface area (TPSA) is 63.6 Å². The van der Waals surface area contributed by atoms with Gasteiger partial charge in [-0.3, -0.25) is 4.79 Å². The number of ether oxygens (including phenoxy) is 1. The van der Waals surface area contributed by atoms with Crippen LogP contribution >= 0.6 is 11.6 Å². The van der Waals surface area contributed by atoms with Crippen LogP contribution in [-0.4, -0.2) is 27.8 Å². The maximum absolute atomic E-state index is 13.6. The Hall–Kier alpha value is -1.55. The zero-order valence-corrected chi connectivity index (χ0v) is 16.8. The first kappa shape index (κ1) is 19.2. The molecule has 1 aromatic carbocycles. The molecule has 0 amide bonds. The number of rotatable bonds is 5. The fourth-order valence-corrected chi connectivity index (χ4v) is 5.13. The third-order valence-corrected chi connectivity index (χ3v) is 7.60. The van der Waals surface area contributed by atoms with Gasteiger partial charge in [0.1, 0.15) is 5.75 Å². The van der Waals surface area contributed by atoms with Gasteiger partial charge in [0, 0.05) is 22.1 Å². The van der Waals surface area contributed by atoms with E-state index in [1.807, 2.05) is 20.8 Å².